The lowest BCUT2D eigenvalue weighted by Crippen LogP contribution is -2.55. The molecule has 110 valence electrons. The fraction of sp³-hybridized carbons (Fsp3) is 0.562. The molecule has 3 nitrogen and oxygen atoms in total. The van der Waals surface area contributed by atoms with Gasteiger partial charge in [0.1, 0.15) is 0 Å². The molecule has 3 atom stereocenters. The molecule has 20 heavy (non-hydrogen) atoms. The minimum Gasteiger partial charge on any atom is -0.340 e. The van der Waals surface area contributed by atoms with Crippen molar-refractivity contribution in [3.8, 4) is 0 Å². The second kappa shape index (κ2) is 6.72. The Morgan fingerprint density at radius 1 is 1.35 bits per heavy atom. The third kappa shape index (κ3) is 3.83. The standard InChI is InChI=1S/C16H23BrN2O/c1-11(14-6-4-5-7-15(14)17)8-16(20)19-9-12(2)18-13(3)10-19/h4-7,11-13,18H,8-10H2,1-3H3/t11-,12-,13-/m1/s1. The van der Waals surface area contributed by atoms with Crippen molar-refractivity contribution >= 4 is 21.8 Å². The molecule has 4 heteroatoms. The predicted molar refractivity (Wildman–Crippen MR) is 85.8 cm³/mol. The van der Waals surface area contributed by atoms with E-state index in [1.807, 2.05) is 23.1 Å². The van der Waals surface area contributed by atoms with Gasteiger partial charge in [-0.3, -0.25) is 4.79 Å². The number of nitrogens with zero attached hydrogens (tertiary/aromatic N) is 1. The highest BCUT2D eigenvalue weighted by molar-refractivity contribution is 9.10. The molecule has 0 aliphatic carbocycles. The Bertz CT molecular complexity index is 467. The maximum atomic E-state index is 12.5. The lowest BCUT2D eigenvalue weighted by atomic mass is 9.97. The number of rotatable bonds is 3. The number of carbonyl (C=O) groups is 1. The van der Waals surface area contributed by atoms with Gasteiger partial charge in [-0.25, -0.2) is 0 Å². The summed E-state index contributed by atoms with van der Waals surface area (Å²) in [5, 5.41) is 3.46. The first-order valence-electron chi connectivity index (χ1n) is 7.25. The molecule has 1 heterocycles. The smallest absolute Gasteiger partial charge is 0.223 e. The van der Waals surface area contributed by atoms with Gasteiger partial charge in [0, 0.05) is 36.1 Å². The molecular formula is C16H23BrN2O. The molecule has 1 amide bonds. The minimum atomic E-state index is 0.235. The van der Waals surface area contributed by atoms with Crippen molar-refractivity contribution < 1.29 is 4.79 Å². The molecule has 0 bridgehead atoms. The van der Waals surface area contributed by atoms with Crippen LogP contribution in [0.5, 0.6) is 0 Å². The second-order valence-electron chi connectivity index (χ2n) is 5.89. The molecule has 0 saturated carbocycles. The fourth-order valence-corrected chi connectivity index (χ4v) is 3.58. The van der Waals surface area contributed by atoms with Gasteiger partial charge in [-0.2, -0.15) is 0 Å². The topological polar surface area (TPSA) is 32.3 Å². The van der Waals surface area contributed by atoms with Gasteiger partial charge >= 0.3 is 0 Å². The molecule has 1 aliphatic rings. The van der Waals surface area contributed by atoms with E-state index in [0.717, 1.165) is 17.6 Å². The SMILES string of the molecule is C[C@@H]1CN(C(=O)C[C@@H](C)c2ccccc2Br)C[C@@H](C)N1. The van der Waals surface area contributed by atoms with Crippen LogP contribution in [0.4, 0.5) is 0 Å². The van der Waals surface area contributed by atoms with Gasteiger partial charge in [0.05, 0.1) is 0 Å². The van der Waals surface area contributed by atoms with E-state index < -0.39 is 0 Å². The first kappa shape index (κ1) is 15.5. The Morgan fingerprint density at radius 3 is 2.55 bits per heavy atom. The van der Waals surface area contributed by atoms with E-state index in [1.165, 1.54) is 5.56 Å². The molecule has 1 aromatic carbocycles. The van der Waals surface area contributed by atoms with Crippen molar-refractivity contribution in [2.45, 2.75) is 45.2 Å². The molecule has 1 aliphatic heterocycles. The zero-order valence-electron chi connectivity index (χ0n) is 12.4. The third-order valence-electron chi connectivity index (χ3n) is 3.83. The summed E-state index contributed by atoms with van der Waals surface area (Å²) in [5.74, 6) is 0.493. The van der Waals surface area contributed by atoms with Gasteiger partial charge in [-0.05, 0) is 31.4 Å². The van der Waals surface area contributed by atoms with Crippen LogP contribution in [0.2, 0.25) is 0 Å². The Labute approximate surface area is 129 Å². The van der Waals surface area contributed by atoms with Crippen molar-refractivity contribution in [2.24, 2.45) is 0 Å². The molecular weight excluding hydrogens is 316 g/mol. The van der Waals surface area contributed by atoms with Crippen LogP contribution >= 0.6 is 15.9 Å². The summed E-state index contributed by atoms with van der Waals surface area (Å²) in [6, 6.07) is 8.90. The normalized spacial score (nSPS) is 24.5. The first-order valence-corrected chi connectivity index (χ1v) is 8.05. The van der Waals surface area contributed by atoms with Gasteiger partial charge in [0.15, 0.2) is 0 Å². The predicted octanol–water partition coefficient (Wildman–Crippen LogP) is 3.15. The zero-order chi connectivity index (χ0) is 14.7. The lowest BCUT2D eigenvalue weighted by Gasteiger charge is -2.36. The maximum absolute atomic E-state index is 12.5. The van der Waals surface area contributed by atoms with E-state index in [-0.39, 0.29) is 11.8 Å². The molecule has 1 saturated heterocycles. The quantitative estimate of drug-likeness (QED) is 0.918. The highest BCUT2D eigenvalue weighted by atomic mass is 79.9. The van der Waals surface area contributed by atoms with Gasteiger partial charge in [-0.15, -0.1) is 0 Å². The van der Waals surface area contributed by atoms with Gasteiger partial charge in [-0.1, -0.05) is 41.1 Å². The number of piperazine rings is 1. The molecule has 1 N–H and O–H groups in total. The summed E-state index contributed by atoms with van der Waals surface area (Å²) in [6.45, 7) is 8.01. The van der Waals surface area contributed by atoms with Crippen molar-refractivity contribution in [2.75, 3.05) is 13.1 Å². The van der Waals surface area contributed by atoms with E-state index in [9.17, 15) is 4.79 Å². The number of nitrogens with one attached hydrogen (secondary N) is 1. The summed E-state index contributed by atoms with van der Waals surface area (Å²) in [7, 11) is 0. The monoisotopic (exact) mass is 338 g/mol. The Morgan fingerprint density at radius 2 is 1.95 bits per heavy atom. The Hall–Kier alpha value is -0.870. The van der Waals surface area contributed by atoms with E-state index in [0.29, 0.717) is 18.5 Å². The summed E-state index contributed by atoms with van der Waals surface area (Å²) in [5.41, 5.74) is 1.21. The summed E-state index contributed by atoms with van der Waals surface area (Å²) >= 11 is 3.57. The van der Waals surface area contributed by atoms with Crippen LogP contribution in [-0.2, 0) is 4.79 Å². The number of hydrogen-bond donors (Lipinski definition) is 1. The van der Waals surface area contributed by atoms with Crippen LogP contribution in [0.15, 0.2) is 28.7 Å². The largest absolute Gasteiger partial charge is 0.340 e. The molecule has 0 spiro atoms. The van der Waals surface area contributed by atoms with Crippen molar-refractivity contribution in [1.29, 1.82) is 0 Å². The van der Waals surface area contributed by atoms with E-state index in [2.05, 4.69) is 48.1 Å². The van der Waals surface area contributed by atoms with E-state index in [4.69, 9.17) is 0 Å². The minimum absolute atomic E-state index is 0.235. The molecule has 2 rings (SSSR count). The molecule has 0 unspecified atom stereocenters. The number of hydrogen-bond acceptors (Lipinski definition) is 2. The number of halogens is 1. The van der Waals surface area contributed by atoms with E-state index in [1.54, 1.807) is 0 Å². The second-order valence-corrected chi connectivity index (χ2v) is 6.75. The van der Waals surface area contributed by atoms with E-state index >= 15 is 0 Å². The third-order valence-corrected chi connectivity index (χ3v) is 4.55. The Balaban J connectivity index is 1.99. The number of carbonyl (C=O) groups excluding carboxylic acids is 1. The number of amides is 1. The summed E-state index contributed by atoms with van der Waals surface area (Å²) < 4.78 is 1.09. The average Bonchev–Trinajstić information content (AvgIpc) is 2.37. The zero-order valence-corrected chi connectivity index (χ0v) is 14.0. The highest BCUT2D eigenvalue weighted by Crippen LogP contribution is 2.27. The van der Waals surface area contributed by atoms with Gasteiger partial charge in [0.25, 0.3) is 0 Å². The summed E-state index contributed by atoms with van der Waals surface area (Å²) in [4.78, 5) is 14.5. The number of benzene rings is 1. The molecule has 0 aromatic heterocycles. The van der Waals surface area contributed by atoms with Crippen molar-refractivity contribution in [3.63, 3.8) is 0 Å². The van der Waals surface area contributed by atoms with Gasteiger partial charge in [0.2, 0.25) is 5.91 Å². The van der Waals surface area contributed by atoms with Crippen LogP contribution in [0, 0.1) is 0 Å². The van der Waals surface area contributed by atoms with Crippen molar-refractivity contribution in [3.05, 3.63) is 34.3 Å². The molecule has 0 radical (unpaired) electrons. The molecule has 1 fully saturated rings. The van der Waals surface area contributed by atoms with Gasteiger partial charge < -0.3 is 10.2 Å². The highest BCUT2D eigenvalue weighted by Gasteiger charge is 2.26. The average molecular weight is 339 g/mol. The maximum Gasteiger partial charge on any atom is 0.223 e. The van der Waals surface area contributed by atoms with Crippen molar-refractivity contribution in [1.82, 2.24) is 10.2 Å². The lowest BCUT2D eigenvalue weighted by molar-refractivity contribution is -0.133. The van der Waals surface area contributed by atoms with Crippen LogP contribution in [-0.4, -0.2) is 36.0 Å². The Kier molecular flexibility index (Phi) is 5.22. The van der Waals surface area contributed by atoms with Crippen LogP contribution < -0.4 is 5.32 Å². The summed E-state index contributed by atoms with van der Waals surface area (Å²) in [6.07, 6.45) is 0.571. The molecule has 1 aromatic rings. The fourth-order valence-electron chi connectivity index (χ4n) is 2.91. The van der Waals surface area contributed by atoms with Crippen LogP contribution in [0.3, 0.4) is 0 Å². The van der Waals surface area contributed by atoms with Crippen LogP contribution in [0.25, 0.3) is 0 Å². The first-order chi connectivity index (χ1) is 9.47. The van der Waals surface area contributed by atoms with Crippen LogP contribution in [0.1, 0.15) is 38.7 Å².